The fourth-order valence-electron chi connectivity index (χ4n) is 6.57. The van der Waals surface area contributed by atoms with Gasteiger partial charge >= 0.3 is 5.69 Å². The van der Waals surface area contributed by atoms with E-state index >= 15 is 4.39 Å². The van der Waals surface area contributed by atoms with Crippen molar-refractivity contribution in [1.82, 2.24) is 14.5 Å². The number of carbonyl (C=O) groups excluding carboxylic acids is 1. The van der Waals surface area contributed by atoms with Crippen LogP contribution in [0.3, 0.4) is 0 Å². The van der Waals surface area contributed by atoms with E-state index in [2.05, 4.69) is 16.9 Å². The van der Waals surface area contributed by atoms with Crippen LogP contribution in [0.2, 0.25) is 5.02 Å². The summed E-state index contributed by atoms with van der Waals surface area (Å²) < 4.78 is 38.0. The molecule has 0 saturated carbocycles. The summed E-state index contributed by atoms with van der Waals surface area (Å²) >= 11 is 6.92. The summed E-state index contributed by atoms with van der Waals surface area (Å²) in [5, 5.41) is 3.86. The molecule has 234 valence electrons. The van der Waals surface area contributed by atoms with Crippen molar-refractivity contribution >= 4 is 39.9 Å². The van der Waals surface area contributed by atoms with Crippen LogP contribution in [0, 0.1) is 11.6 Å². The maximum Gasteiger partial charge on any atom is 0.354 e. The van der Waals surface area contributed by atoms with Gasteiger partial charge in [0.25, 0.3) is 0 Å². The van der Waals surface area contributed by atoms with Gasteiger partial charge in [0.1, 0.15) is 17.9 Å². The number of carbonyl (C=O) groups is 1. The first-order valence-corrected chi connectivity index (χ1v) is 15.4. The number of nitrogens with zero attached hydrogens (tertiary/aromatic N) is 4. The zero-order chi connectivity index (χ0) is 32.2. The van der Waals surface area contributed by atoms with Gasteiger partial charge in [0.2, 0.25) is 5.91 Å². The van der Waals surface area contributed by atoms with Gasteiger partial charge in [-0.05, 0) is 61.2 Å². The molecule has 1 amide bonds. The Labute approximate surface area is 264 Å². The van der Waals surface area contributed by atoms with Crippen molar-refractivity contribution in [1.29, 1.82) is 0 Å². The average molecular weight is 634 g/mol. The number of hydrogen-bond acceptors (Lipinski definition) is 6. The second-order valence-corrected chi connectivity index (χ2v) is 11.7. The highest BCUT2D eigenvalue weighted by molar-refractivity contribution is 6.35. The average Bonchev–Trinajstić information content (AvgIpc) is 3.05. The van der Waals surface area contributed by atoms with Crippen molar-refractivity contribution in [3.63, 3.8) is 0 Å². The molecule has 11 heteroatoms. The van der Waals surface area contributed by atoms with Crippen molar-refractivity contribution in [2.45, 2.75) is 46.3 Å². The first kappa shape index (κ1) is 30.6. The van der Waals surface area contributed by atoms with E-state index in [1.165, 1.54) is 16.7 Å². The van der Waals surface area contributed by atoms with Gasteiger partial charge < -0.3 is 19.9 Å². The van der Waals surface area contributed by atoms with Crippen molar-refractivity contribution in [3.8, 4) is 22.6 Å². The molecule has 3 heterocycles. The number of rotatable bonds is 6. The molecule has 0 unspecified atom stereocenters. The predicted octanol–water partition coefficient (Wildman–Crippen LogP) is 6.27. The molecule has 3 aromatic carbocycles. The number of nitrogens with one attached hydrogen (secondary N) is 1. The van der Waals surface area contributed by atoms with Gasteiger partial charge in [0, 0.05) is 60.5 Å². The van der Waals surface area contributed by atoms with Gasteiger partial charge in [-0.25, -0.2) is 13.6 Å². The molecule has 2 aliphatic heterocycles. The van der Waals surface area contributed by atoms with Gasteiger partial charge in [-0.2, -0.15) is 4.98 Å². The predicted molar refractivity (Wildman–Crippen MR) is 174 cm³/mol. The normalized spacial score (nSPS) is 15.8. The van der Waals surface area contributed by atoms with Gasteiger partial charge in [0.05, 0.1) is 10.7 Å². The van der Waals surface area contributed by atoms with E-state index in [4.69, 9.17) is 16.3 Å². The van der Waals surface area contributed by atoms with Crippen molar-refractivity contribution in [2.75, 3.05) is 36.9 Å². The van der Waals surface area contributed by atoms with Crippen LogP contribution in [0.15, 0.2) is 47.8 Å². The molecule has 1 saturated heterocycles. The zero-order valence-electron chi connectivity index (χ0n) is 25.6. The lowest BCUT2D eigenvalue weighted by Gasteiger charge is -2.40. The lowest BCUT2D eigenvalue weighted by atomic mass is 9.94. The van der Waals surface area contributed by atoms with Crippen molar-refractivity contribution in [2.24, 2.45) is 0 Å². The highest BCUT2D eigenvalue weighted by Gasteiger charge is 2.34. The van der Waals surface area contributed by atoms with E-state index < -0.39 is 17.3 Å². The van der Waals surface area contributed by atoms with Gasteiger partial charge in [-0.3, -0.25) is 9.36 Å². The third-order valence-electron chi connectivity index (χ3n) is 8.80. The molecule has 4 aromatic rings. The molecular formula is C34H34ClF2N5O3. The third kappa shape index (κ3) is 4.91. The highest BCUT2D eigenvalue weighted by Crippen LogP contribution is 2.49. The Bertz CT molecular complexity index is 1920. The lowest BCUT2D eigenvalue weighted by Crippen LogP contribution is -2.54. The van der Waals surface area contributed by atoms with Crippen molar-refractivity contribution in [3.05, 3.63) is 86.8 Å². The van der Waals surface area contributed by atoms with Crippen LogP contribution in [0.1, 0.15) is 37.5 Å². The van der Waals surface area contributed by atoms with E-state index in [-0.39, 0.29) is 40.5 Å². The second kappa shape index (κ2) is 11.8. The molecule has 1 atom stereocenters. The van der Waals surface area contributed by atoms with Crippen LogP contribution in [-0.4, -0.2) is 53.1 Å². The SMILES string of the molecule is C=CC(=O)N1CCN(c2nc(=O)n(-c3c(CC)cc(NC)cc3CC)c3c4c(c(Cl)cc23)-c2c(ccc(F)c2F)CO4)[C@@H](C)C1. The van der Waals surface area contributed by atoms with Crippen LogP contribution in [-0.2, 0) is 24.2 Å². The molecule has 0 radical (unpaired) electrons. The fourth-order valence-corrected chi connectivity index (χ4v) is 6.86. The largest absolute Gasteiger partial charge is 0.486 e. The van der Waals surface area contributed by atoms with Crippen LogP contribution < -0.4 is 20.6 Å². The number of aryl methyl sites for hydroxylation is 2. The fraction of sp³-hybridized carbons (Fsp3) is 0.324. The summed E-state index contributed by atoms with van der Waals surface area (Å²) in [7, 11) is 1.84. The number of halogens is 3. The Kier molecular flexibility index (Phi) is 8.03. The van der Waals surface area contributed by atoms with Gasteiger partial charge in [-0.15, -0.1) is 0 Å². The Morgan fingerprint density at radius 3 is 2.49 bits per heavy atom. The first-order chi connectivity index (χ1) is 21.6. The van der Waals surface area contributed by atoms with E-state index in [0.717, 1.165) is 22.9 Å². The molecule has 1 aromatic heterocycles. The molecule has 8 nitrogen and oxygen atoms in total. The molecule has 45 heavy (non-hydrogen) atoms. The molecule has 1 N–H and O–H groups in total. The molecule has 1 fully saturated rings. The Morgan fingerprint density at radius 1 is 1.16 bits per heavy atom. The lowest BCUT2D eigenvalue weighted by molar-refractivity contribution is -0.126. The number of benzene rings is 3. The van der Waals surface area contributed by atoms with Gasteiger partial charge in [-0.1, -0.05) is 38.1 Å². The monoisotopic (exact) mass is 633 g/mol. The minimum absolute atomic E-state index is 0.0161. The van der Waals surface area contributed by atoms with Crippen LogP contribution in [0.4, 0.5) is 20.3 Å². The van der Waals surface area contributed by atoms with Crippen LogP contribution in [0.25, 0.3) is 27.7 Å². The number of ether oxygens (including phenoxy) is 1. The minimum atomic E-state index is -1.03. The summed E-state index contributed by atoms with van der Waals surface area (Å²) in [5.74, 6) is -1.63. The Balaban J connectivity index is 1.72. The van der Waals surface area contributed by atoms with Crippen LogP contribution >= 0.6 is 11.6 Å². The Morgan fingerprint density at radius 2 is 1.87 bits per heavy atom. The molecule has 2 aliphatic rings. The maximum absolute atomic E-state index is 15.5. The third-order valence-corrected chi connectivity index (χ3v) is 9.09. The summed E-state index contributed by atoms with van der Waals surface area (Å²) in [6.45, 7) is 10.7. The van der Waals surface area contributed by atoms with Crippen molar-refractivity contribution < 1.29 is 18.3 Å². The molecule has 0 spiro atoms. The number of amides is 1. The van der Waals surface area contributed by atoms with Gasteiger partial charge in [0.15, 0.2) is 17.4 Å². The quantitative estimate of drug-likeness (QED) is 0.252. The van der Waals surface area contributed by atoms with E-state index in [1.54, 1.807) is 11.0 Å². The number of hydrogen-bond donors (Lipinski definition) is 1. The molecule has 0 aliphatic carbocycles. The summed E-state index contributed by atoms with van der Waals surface area (Å²) in [6, 6.07) is 7.98. The standard InChI is InChI=1S/C34H34ClF2N5O3/c1-6-19-13-22(38-5)14-20(7-2)30(19)42-31-23(33(39-34(42)44)41-12-11-40(16-18(41)4)26(43)8-3)15-24(35)28-27-21(17-45-32(28)31)9-10-25(36)29(27)37/h8-10,13-15,18,38H,3,6-7,11-12,16-17H2,1-2,4-5H3/t18-/m0/s1. The van der Waals surface area contributed by atoms with Crippen LogP contribution in [0.5, 0.6) is 5.75 Å². The van der Waals surface area contributed by atoms with E-state index in [9.17, 15) is 14.0 Å². The number of piperazine rings is 1. The number of anilines is 2. The minimum Gasteiger partial charge on any atom is -0.486 e. The van der Waals surface area contributed by atoms with E-state index in [1.807, 2.05) is 44.9 Å². The molecular weight excluding hydrogens is 600 g/mol. The first-order valence-electron chi connectivity index (χ1n) is 15.0. The highest BCUT2D eigenvalue weighted by atomic mass is 35.5. The Hall–Kier alpha value is -4.44. The topological polar surface area (TPSA) is 79.7 Å². The maximum atomic E-state index is 15.5. The van der Waals surface area contributed by atoms with E-state index in [0.29, 0.717) is 60.4 Å². The molecule has 6 rings (SSSR count). The summed E-state index contributed by atoms with van der Waals surface area (Å²) in [5.41, 5.74) is 3.85. The number of fused-ring (bicyclic) bond motifs is 5. The molecule has 0 bridgehead atoms. The smallest absolute Gasteiger partial charge is 0.354 e. The summed E-state index contributed by atoms with van der Waals surface area (Å²) in [4.78, 5) is 35.1. The second-order valence-electron chi connectivity index (χ2n) is 11.3. The number of aromatic nitrogens is 2. The summed E-state index contributed by atoms with van der Waals surface area (Å²) in [6.07, 6.45) is 2.52. The zero-order valence-corrected chi connectivity index (χ0v) is 26.4.